The summed E-state index contributed by atoms with van der Waals surface area (Å²) in [4.78, 5) is 0. The molecule has 0 aromatic heterocycles. The van der Waals surface area contributed by atoms with Crippen LogP contribution < -0.4 is 5.32 Å². The van der Waals surface area contributed by atoms with Crippen LogP contribution in [0.25, 0.3) is 10.8 Å². The van der Waals surface area contributed by atoms with Crippen molar-refractivity contribution < 1.29 is 0 Å². The van der Waals surface area contributed by atoms with Gasteiger partial charge in [0, 0.05) is 11.7 Å². The summed E-state index contributed by atoms with van der Waals surface area (Å²) in [5.41, 5.74) is 1.27. The molecular weight excluding hydrogens is 230 g/mol. The van der Waals surface area contributed by atoms with E-state index in [1.807, 2.05) is 0 Å². The Morgan fingerprint density at radius 1 is 0.895 bits per heavy atom. The molecule has 1 N–H and O–H groups in total. The number of hydrogen-bond donors (Lipinski definition) is 1. The molecule has 2 aromatic rings. The number of anilines is 1. The van der Waals surface area contributed by atoms with Gasteiger partial charge >= 0.3 is 0 Å². The zero-order valence-corrected chi connectivity index (χ0v) is 11.9. The Labute approximate surface area is 116 Å². The first-order valence-electron chi connectivity index (χ1n) is 7.49. The number of hydrogen-bond acceptors (Lipinski definition) is 1. The molecule has 2 aromatic carbocycles. The van der Waals surface area contributed by atoms with Crippen LogP contribution in [-0.4, -0.2) is 6.04 Å². The van der Waals surface area contributed by atoms with Gasteiger partial charge in [-0.1, -0.05) is 50.6 Å². The van der Waals surface area contributed by atoms with Crippen molar-refractivity contribution in [2.45, 2.75) is 39.2 Å². The van der Waals surface area contributed by atoms with Crippen LogP contribution in [0.15, 0.2) is 42.5 Å². The first-order chi connectivity index (χ1) is 9.24. The van der Waals surface area contributed by atoms with Crippen molar-refractivity contribution in [1.82, 2.24) is 0 Å². The first-order valence-corrected chi connectivity index (χ1v) is 7.49. The summed E-state index contributed by atoms with van der Waals surface area (Å²) in [5.74, 6) is 1.55. The Kier molecular flexibility index (Phi) is 3.46. The van der Waals surface area contributed by atoms with E-state index in [1.165, 1.54) is 35.7 Å². The van der Waals surface area contributed by atoms with E-state index in [9.17, 15) is 0 Å². The Morgan fingerprint density at radius 3 is 2.32 bits per heavy atom. The largest absolute Gasteiger partial charge is 0.382 e. The predicted molar refractivity (Wildman–Crippen MR) is 83.5 cm³/mol. The molecule has 1 fully saturated rings. The van der Waals surface area contributed by atoms with Gasteiger partial charge in [0.2, 0.25) is 0 Å². The fourth-order valence-electron chi connectivity index (χ4n) is 3.44. The topological polar surface area (TPSA) is 12.0 Å². The lowest BCUT2D eigenvalue weighted by Crippen LogP contribution is -2.37. The molecule has 1 heteroatoms. The van der Waals surface area contributed by atoms with Gasteiger partial charge in [-0.15, -0.1) is 0 Å². The second-order valence-corrected chi connectivity index (χ2v) is 6.12. The Morgan fingerprint density at radius 2 is 1.58 bits per heavy atom. The summed E-state index contributed by atoms with van der Waals surface area (Å²) in [5, 5.41) is 6.41. The number of rotatable bonds is 2. The highest BCUT2D eigenvalue weighted by Gasteiger charge is 2.27. The Bertz CT molecular complexity index is 550. The highest BCUT2D eigenvalue weighted by atomic mass is 14.9. The van der Waals surface area contributed by atoms with E-state index in [2.05, 4.69) is 61.6 Å². The van der Waals surface area contributed by atoms with Gasteiger partial charge in [-0.25, -0.2) is 0 Å². The van der Waals surface area contributed by atoms with Crippen LogP contribution >= 0.6 is 0 Å². The van der Waals surface area contributed by atoms with Gasteiger partial charge in [0.25, 0.3) is 0 Å². The number of nitrogens with one attached hydrogen (secondary N) is 1. The average molecular weight is 253 g/mol. The van der Waals surface area contributed by atoms with E-state index in [-0.39, 0.29) is 0 Å². The molecule has 0 heterocycles. The minimum Gasteiger partial charge on any atom is -0.382 e. The molecule has 0 bridgehead atoms. The second-order valence-electron chi connectivity index (χ2n) is 6.12. The Balaban J connectivity index is 1.84. The molecule has 0 radical (unpaired) electrons. The van der Waals surface area contributed by atoms with Crippen LogP contribution in [0.3, 0.4) is 0 Å². The maximum absolute atomic E-state index is 3.77. The minimum absolute atomic E-state index is 0.620. The molecule has 1 nitrogen and oxygen atoms in total. The molecule has 0 amide bonds. The molecule has 0 spiro atoms. The lowest BCUT2D eigenvalue weighted by Gasteiger charge is -2.36. The van der Waals surface area contributed by atoms with Crippen LogP contribution in [0, 0.1) is 11.8 Å². The molecule has 3 rings (SSSR count). The van der Waals surface area contributed by atoms with Gasteiger partial charge < -0.3 is 5.32 Å². The van der Waals surface area contributed by atoms with Gasteiger partial charge in [0.1, 0.15) is 0 Å². The van der Waals surface area contributed by atoms with Crippen LogP contribution in [0.1, 0.15) is 33.1 Å². The zero-order chi connectivity index (χ0) is 13.2. The van der Waals surface area contributed by atoms with Gasteiger partial charge in [-0.2, -0.15) is 0 Å². The van der Waals surface area contributed by atoms with Gasteiger partial charge in [-0.05, 0) is 47.6 Å². The van der Waals surface area contributed by atoms with E-state index in [4.69, 9.17) is 0 Å². The third-order valence-corrected chi connectivity index (χ3v) is 4.63. The maximum atomic E-state index is 3.77. The summed E-state index contributed by atoms with van der Waals surface area (Å²) in [7, 11) is 0. The zero-order valence-electron chi connectivity index (χ0n) is 11.9. The Hall–Kier alpha value is -1.50. The second kappa shape index (κ2) is 5.24. The van der Waals surface area contributed by atoms with Crippen molar-refractivity contribution in [1.29, 1.82) is 0 Å². The van der Waals surface area contributed by atoms with Gasteiger partial charge in [0.15, 0.2) is 0 Å². The van der Waals surface area contributed by atoms with E-state index < -0.39 is 0 Å². The SMILES string of the molecule is CC1CCCC(C)C1Nc1ccc2ccccc2c1. The summed E-state index contributed by atoms with van der Waals surface area (Å²) < 4.78 is 0. The fourth-order valence-corrected chi connectivity index (χ4v) is 3.44. The van der Waals surface area contributed by atoms with Crippen molar-refractivity contribution in [3.8, 4) is 0 Å². The summed E-state index contributed by atoms with van der Waals surface area (Å²) in [6.07, 6.45) is 4.10. The average Bonchev–Trinajstić information content (AvgIpc) is 2.43. The summed E-state index contributed by atoms with van der Waals surface area (Å²) in [6, 6.07) is 15.9. The third kappa shape index (κ3) is 2.60. The summed E-state index contributed by atoms with van der Waals surface area (Å²) in [6.45, 7) is 4.77. The van der Waals surface area contributed by atoms with Crippen molar-refractivity contribution in [3.63, 3.8) is 0 Å². The molecule has 2 unspecified atom stereocenters. The van der Waals surface area contributed by atoms with E-state index in [0.29, 0.717) is 6.04 Å². The van der Waals surface area contributed by atoms with Crippen molar-refractivity contribution >= 4 is 16.5 Å². The van der Waals surface area contributed by atoms with E-state index >= 15 is 0 Å². The normalized spacial score (nSPS) is 27.4. The monoisotopic (exact) mass is 253 g/mol. The highest BCUT2D eigenvalue weighted by molar-refractivity contribution is 5.85. The minimum atomic E-state index is 0.620. The molecule has 1 saturated carbocycles. The number of fused-ring (bicyclic) bond motifs is 1. The van der Waals surface area contributed by atoms with Crippen molar-refractivity contribution in [3.05, 3.63) is 42.5 Å². The lowest BCUT2D eigenvalue weighted by atomic mass is 9.78. The fraction of sp³-hybridized carbons (Fsp3) is 0.444. The van der Waals surface area contributed by atoms with Crippen LogP contribution in [0.4, 0.5) is 5.69 Å². The first kappa shape index (κ1) is 12.5. The quantitative estimate of drug-likeness (QED) is 0.787. The van der Waals surface area contributed by atoms with Crippen molar-refractivity contribution in [2.75, 3.05) is 5.32 Å². The van der Waals surface area contributed by atoms with Crippen LogP contribution in [-0.2, 0) is 0 Å². The molecule has 2 atom stereocenters. The predicted octanol–water partition coefficient (Wildman–Crippen LogP) is 5.08. The maximum Gasteiger partial charge on any atom is 0.0348 e. The van der Waals surface area contributed by atoms with Crippen LogP contribution in [0.2, 0.25) is 0 Å². The standard InChI is InChI=1S/C18H23N/c1-13-6-5-7-14(2)18(13)19-17-11-10-15-8-3-4-9-16(15)12-17/h3-4,8-14,18-19H,5-7H2,1-2H3. The van der Waals surface area contributed by atoms with Gasteiger partial charge in [-0.3, -0.25) is 0 Å². The molecule has 0 aliphatic heterocycles. The molecular formula is C18H23N. The number of benzene rings is 2. The molecule has 0 saturated heterocycles. The third-order valence-electron chi connectivity index (χ3n) is 4.63. The van der Waals surface area contributed by atoms with E-state index in [0.717, 1.165) is 11.8 Å². The lowest BCUT2D eigenvalue weighted by molar-refractivity contribution is 0.268. The van der Waals surface area contributed by atoms with Gasteiger partial charge in [0.05, 0.1) is 0 Å². The van der Waals surface area contributed by atoms with Crippen LogP contribution in [0.5, 0.6) is 0 Å². The molecule has 100 valence electrons. The van der Waals surface area contributed by atoms with Crippen molar-refractivity contribution in [2.24, 2.45) is 11.8 Å². The molecule has 1 aliphatic rings. The highest BCUT2D eigenvalue weighted by Crippen LogP contribution is 2.31. The molecule has 19 heavy (non-hydrogen) atoms. The van der Waals surface area contributed by atoms with E-state index in [1.54, 1.807) is 0 Å². The smallest absolute Gasteiger partial charge is 0.0348 e. The summed E-state index contributed by atoms with van der Waals surface area (Å²) >= 11 is 0. The molecule has 1 aliphatic carbocycles.